The van der Waals surface area contributed by atoms with E-state index in [2.05, 4.69) is 25.9 Å². The Labute approximate surface area is 161 Å². The summed E-state index contributed by atoms with van der Waals surface area (Å²) in [4.78, 5) is 16.7. The highest BCUT2D eigenvalue weighted by atomic mass is 16.5. The Balaban J connectivity index is 1.41. The number of carbonyl (C=O) groups excluding carboxylic acids is 1. The van der Waals surface area contributed by atoms with Crippen LogP contribution in [0, 0.1) is 0 Å². The Morgan fingerprint density at radius 1 is 1.32 bits per heavy atom. The van der Waals surface area contributed by atoms with Crippen molar-refractivity contribution in [1.29, 1.82) is 0 Å². The van der Waals surface area contributed by atoms with E-state index in [-0.39, 0.29) is 18.2 Å². The van der Waals surface area contributed by atoms with Gasteiger partial charge in [-0.2, -0.15) is 0 Å². The third-order valence-corrected chi connectivity index (χ3v) is 4.50. The SMILES string of the molecule is COc1ccc([C@@H]2OCC[C@H]2NC(=O)Nc2cccc(-n3ccnn3)c2)cn1. The zero-order chi connectivity index (χ0) is 19.3. The average Bonchev–Trinajstić information content (AvgIpc) is 3.40. The number of carbonyl (C=O) groups is 1. The lowest BCUT2D eigenvalue weighted by atomic mass is 10.0. The summed E-state index contributed by atoms with van der Waals surface area (Å²) in [5.41, 5.74) is 2.37. The number of anilines is 1. The van der Waals surface area contributed by atoms with Gasteiger partial charge in [-0.25, -0.2) is 14.5 Å². The van der Waals surface area contributed by atoms with E-state index in [1.165, 1.54) is 0 Å². The third kappa shape index (κ3) is 3.94. The number of nitrogens with one attached hydrogen (secondary N) is 2. The van der Waals surface area contributed by atoms with Crippen LogP contribution in [0.1, 0.15) is 18.1 Å². The number of ether oxygens (including phenoxy) is 2. The van der Waals surface area contributed by atoms with Gasteiger partial charge >= 0.3 is 6.03 Å². The number of amides is 2. The van der Waals surface area contributed by atoms with Crippen molar-refractivity contribution in [2.24, 2.45) is 0 Å². The predicted octanol–water partition coefficient (Wildman–Crippen LogP) is 2.32. The Hall–Kier alpha value is -3.46. The number of urea groups is 1. The van der Waals surface area contributed by atoms with E-state index >= 15 is 0 Å². The highest BCUT2D eigenvalue weighted by Gasteiger charge is 2.31. The van der Waals surface area contributed by atoms with Gasteiger partial charge < -0.3 is 20.1 Å². The second-order valence-electron chi connectivity index (χ2n) is 6.32. The Morgan fingerprint density at radius 2 is 2.25 bits per heavy atom. The lowest BCUT2D eigenvalue weighted by Gasteiger charge is -2.20. The second kappa shape index (κ2) is 8.05. The van der Waals surface area contributed by atoms with Crippen LogP contribution in [0.15, 0.2) is 55.0 Å². The molecule has 9 heteroatoms. The summed E-state index contributed by atoms with van der Waals surface area (Å²) < 4.78 is 12.5. The normalized spacial score (nSPS) is 18.6. The molecule has 0 bridgehead atoms. The molecule has 1 fully saturated rings. The summed E-state index contributed by atoms with van der Waals surface area (Å²) in [6.07, 6.45) is 5.53. The summed E-state index contributed by atoms with van der Waals surface area (Å²) >= 11 is 0. The van der Waals surface area contributed by atoms with Gasteiger partial charge in [0.25, 0.3) is 0 Å². The molecule has 3 heterocycles. The number of benzene rings is 1. The minimum Gasteiger partial charge on any atom is -0.481 e. The lowest BCUT2D eigenvalue weighted by Crippen LogP contribution is -2.39. The van der Waals surface area contributed by atoms with E-state index in [0.29, 0.717) is 18.2 Å². The number of nitrogens with zero attached hydrogens (tertiary/aromatic N) is 4. The van der Waals surface area contributed by atoms with Gasteiger partial charge in [0, 0.05) is 30.1 Å². The monoisotopic (exact) mass is 380 g/mol. The summed E-state index contributed by atoms with van der Waals surface area (Å²) in [6.45, 7) is 0.573. The fourth-order valence-electron chi connectivity index (χ4n) is 3.15. The van der Waals surface area contributed by atoms with Crippen LogP contribution in [-0.2, 0) is 4.74 Å². The van der Waals surface area contributed by atoms with Crippen LogP contribution in [0.25, 0.3) is 5.69 Å². The Kier molecular flexibility index (Phi) is 5.16. The molecule has 0 unspecified atom stereocenters. The molecule has 9 nitrogen and oxygen atoms in total. The van der Waals surface area contributed by atoms with Crippen LogP contribution in [0.2, 0.25) is 0 Å². The maximum atomic E-state index is 12.5. The quantitative estimate of drug-likeness (QED) is 0.704. The number of hydrogen-bond acceptors (Lipinski definition) is 6. The van der Waals surface area contributed by atoms with Crippen LogP contribution in [0.3, 0.4) is 0 Å². The standard InChI is InChI=1S/C19H20N6O3/c1-27-17-6-5-13(12-20-17)18-16(7-10-28-18)23-19(26)22-14-3-2-4-15(11-14)25-9-8-21-24-25/h2-6,8-9,11-12,16,18H,7,10H2,1H3,(H2,22,23,26)/t16-,18+/m1/s1. The van der Waals surface area contributed by atoms with E-state index < -0.39 is 0 Å². The van der Waals surface area contributed by atoms with Gasteiger partial charge in [0.05, 0.1) is 31.2 Å². The molecule has 4 rings (SSSR count). The number of hydrogen-bond donors (Lipinski definition) is 2. The van der Waals surface area contributed by atoms with Crippen molar-refractivity contribution < 1.29 is 14.3 Å². The molecule has 1 aromatic carbocycles. The highest BCUT2D eigenvalue weighted by molar-refractivity contribution is 5.89. The average molecular weight is 380 g/mol. The first-order chi connectivity index (χ1) is 13.7. The van der Waals surface area contributed by atoms with E-state index in [1.807, 2.05) is 30.3 Å². The van der Waals surface area contributed by atoms with E-state index in [1.54, 1.807) is 36.4 Å². The second-order valence-corrected chi connectivity index (χ2v) is 6.32. The first kappa shape index (κ1) is 17.9. The Bertz CT molecular complexity index is 929. The number of aromatic nitrogens is 4. The van der Waals surface area contributed by atoms with Gasteiger partial charge in [0.15, 0.2) is 0 Å². The maximum Gasteiger partial charge on any atom is 0.319 e. The van der Waals surface area contributed by atoms with Gasteiger partial charge in [-0.1, -0.05) is 11.3 Å². The van der Waals surface area contributed by atoms with E-state index in [9.17, 15) is 4.79 Å². The number of pyridine rings is 1. The molecule has 2 aromatic heterocycles. The maximum absolute atomic E-state index is 12.5. The summed E-state index contributed by atoms with van der Waals surface area (Å²) in [5, 5.41) is 13.6. The zero-order valence-corrected chi connectivity index (χ0v) is 15.3. The first-order valence-corrected chi connectivity index (χ1v) is 8.89. The summed E-state index contributed by atoms with van der Waals surface area (Å²) in [5.74, 6) is 0.538. The lowest BCUT2D eigenvalue weighted by molar-refractivity contribution is 0.100. The third-order valence-electron chi connectivity index (χ3n) is 4.50. The van der Waals surface area contributed by atoms with Crippen molar-refractivity contribution in [3.63, 3.8) is 0 Å². The van der Waals surface area contributed by atoms with E-state index in [0.717, 1.165) is 17.7 Å². The minimum atomic E-state index is -0.294. The minimum absolute atomic E-state index is 0.145. The molecule has 2 N–H and O–H groups in total. The Morgan fingerprint density at radius 3 is 3.00 bits per heavy atom. The molecule has 2 atom stereocenters. The smallest absolute Gasteiger partial charge is 0.319 e. The van der Waals surface area contributed by atoms with E-state index in [4.69, 9.17) is 9.47 Å². The van der Waals surface area contributed by atoms with Gasteiger partial charge in [-0.05, 0) is 30.7 Å². The fraction of sp³-hybridized carbons (Fsp3) is 0.263. The predicted molar refractivity (Wildman–Crippen MR) is 101 cm³/mol. The van der Waals surface area contributed by atoms with Crippen LogP contribution in [0.5, 0.6) is 5.88 Å². The van der Waals surface area contributed by atoms with Crippen LogP contribution in [0.4, 0.5) is 10.5 Å². The molecule has 1 aliphatic rings. The van der Waals surface area contributed by atoms with Crippen molar-refractivity contribution in [2.75, 3.05) is 19.0 Å². The highest BCUT2D eigenvalue weighted by Crippen LogP contribution is 2.29. The fourth-order valence-corrected chi connectivity index (χ4v) is 3.15. The summed E-state index contributed by atoms with van der Waals surface area (Å²) in [7, 11) is 1.57. The van der Waals surface area contributed by atoms with Crippen molar-refractivity contribution in [3.8, 4) is 11.6 Å². The van der Waals surface area contributed by atoms with Gasteiger partial charge in [0.1, 0.15) is 6.10 Å². The van der Waals surface area contributed by atoms with Crippen LogP contribution >= 0.6 is 0 Å². The molecule has 1 saturated heterocycles. The van der Waals surface area contributed by atoms with Gasteiger partial charge in [-0.3, -0.25) is 0 Å². The number of rotatable bonds is 5. The topological polar surface area (TPSA) is 103 Å². The number of methoxy groups -OCH3 is 1. The van der Waals surface area contributed by atoms with Crippen molar-refractivity contribution in [1.82, 2.24) is 25.3 Å². The van der Waals surface area contributed by atoms with Crippen molar-refractivity contribution in [2.45, 2.75) is 18.6 Å². The van der Waals surface area contributed by atoms with Crippen molar-refractivity contribution >= 4 is 11.7 Å². The molecular weight excluding hydrogens is 360 g/mol. The zero-order valence-electron chi connectivity index (χ0n) is 15.3. The van der Waals surface area contributed by atoms with Crippen LogP contribution in [-0.4, -0.2) is 45.8 Å². The van der Waals surface area contributed by atoms with Crippen molar-refractivity contribution in [3.05, 3.63) is 60.6 Å². The molecule has 0 spiro atoms. The molecule has 0 radical (unpaired) electrons. The molecule has 3 aromatic rings. The molecule has 0 aliphatic carbocycles. The largest absolute Gasteiger partial charge is 0.481 e. The molecular formula is C19H20N6O3. The molecule has 2 amide bonds. The molecule has 28 heavy (non-hydrogen) atoms. The van der Waals surface area contributed by atoms with Gasteiger partial charge in [-0.15, -0.1) is 5.10 Å². The van der Waals surface area contributed by atoms with Crippen LogP contribution < -0.4 is 15.4 Å². The molecule has 144 valence electrons. The molecule has 1 aliphatic heterocycles. The molecule has 0 saturated carbocycles. The van der Waals surface area contributed by atoms with Gasteiger partial charge in [0.2, 0.25) is 5.88 Å². The summed E-state index contributed by atoms with van der Waals surface area (Å²) in [6, 6.07) is 10.6. The first-order valence-electron chi connectivity index (χ1n) is 8.89.